The van der Waals surface area contributed by atoms with Crippen molar-refractivity contribution in [3.8, 4) is 11.4 Å². The van der Waals surface area contributed by atoms with Crippen molar-refractivity contribution in [2.24, 2.45) is 10.2 Å². The van der Waals surface area contributed by atoms with Gasteiger partial charge in [0.25, 0.3) is 0 Å². The number of allylic oxidation sites excluding steroid dienone is 1. The van der Waals surface area contributed by atoms with Gasteiger partial charge in [-0.15, -0.1) is 0 Å². The number of pyridine rings is 1. The van der Waals surface area contributed by atoms with Gasteiger partial charge in [0, 0.05) is 24.4 Å². The number of nitrogens with zero attached hydrogens (tertiary/aromatic N) is 7. The Morgan fingerprint density at radius 3 is 2.87 bits per heavy atom. The zero-order valence-electron chi connectivity index (χ0n) is 12.5. The molecule has 0 atom stereocenters. The molecule has 116 valence electrons. The van der Waals surface area contributed by atoms with Gasteiger partial charge in [-0.1, -0.05) is 0 Å². The number of anilines is 1. The summed E-state index contributed by atoms with van der Waals surface area (Å²) in [5.74, 6) is -0.0585. The smallest absolute Gasteiger partial charge is 0.225 e. The van der Waals surface area contributed by atoms with Crippen LogP contribution in [0.25, 0.3) is 22.6 Å². The lowest BCUT2D eigenvalue weighted by atomic mass is 10.2. The number of hydrogen-bond donors (Lipinski definition) is 1. The van der Waals surface area contributed by atoms with E-state index in [0.717, 1.165) is 17.3 Å². The monoisotopic (exact) mass is 312 g/mol. The molecule has 0 bridgehead atoms. The van der Waals surface area contributed by atoms with Crippen LogP contribution in [0.15, 0.2) is 41.1 Å². The third-order valence-corrected chi connectivity index (χ3v) is 3.15. The molecule has 3 heterocycles. The highest BCUT2D eigenvalue weighted by Crippen LogP contribution is 2.23. The van der Waals surface area contributed by atoms with Crippen LogP contribution in [-0.4, -0.2) is 31.6 Å². The highest BCUT2D eigenvalue weighted by molar-refractivity contribution is 5.76. The molecule has 0 saturated heterocycles. The van der Waals surface area contributed by atoms with E-state index in [1.54, 1.807) is 19.4 Å². The maximum Gasteiger partial charge on any atom is 0.225 e. The van der Waals surface area contributed by atoms with Gasteiger partial charge in [-0.05, 0) is 18.6 Å². The standard InChI is InChI=1S/C14H13FN8/c1-8(4-19-17-2)11-7-20-23-13(11)21-12(22-14(23)16)9-3-10(15)6-18-5-9/h3-7H,1-2H3,(H2,16,21,22)/b8-4+,19-17-. The lowest BCUT2D eigenvalue weighted by Gasteiger charge is -2.04. The number of nitrogens with two attached hydrogens (primary N) is 1. The van der Waals surface area contributed by atoms with Crippen LogP contribution in [0.2, 0.25) is 0 Å². The summed E-state index contributed by atoms with van der Waals surface area (Å²) >= 11 is 0. The lowest BCUT2D eigenvalue weighted by Crippen LogP contribution is -2.06. The number of hydrogen-bond acceptors (Lipinski definition) is 7. The molecule has 8 nitrogen and oxygen atoms in total. The second-order valence-corrected chi connectivity index (χ2v) is 4.72. The van der Waals surface area contributed by atoms with Gasteiger partial charge in [0.05, 0.1) is 18.6 Å². The summed E-state index contributed by atoms with van der Waals surface area (Å²) < 4.78 is 14.8. The fourth-order valence-electron chi connectivity index (χ4n) is 2.05. The van der Waals surface area contributed by atoms with Crippen molar-refractivity contribution >= 4 is 17.2 Å². The summed E-state index contributed by atoms with van der Waals surface area (Å²) in [6.07, 6.45) is 5.79. The van der Waals surface area contributed by atoms with Gasteiger partial charge in [-0.2, -0.15) is 24.8 Å². The van der Waals surface area contributed by atoms with Gasteiger partial charge in [-0.3, -0.25) is 4.98 Å². The molecule has 0 unspecified atom stereocenters. The largest absolute Gasteiger partial charge is 0.368 e. The number of aromatic nitrogens is 5. The predicted molar refractivity (Wildman–Crippen MR) is 82.8 cm³/mol. The molecule has 0 amide bonds. The highest BCUT2D eigenvalue weighted by Gasteiger charge is 2.14. The Bertz CT molecular complexity index is 928. The Hall–Kier alpha value is -3.23. The second-order valence-electron chi connectivity index (χ2n) is 4.72. The Morgan fingerprint density at radius 1 is 1.30 bits per heavy atom. The van der Waals surface area contributed by atoms with Crippen LogP contribution in [0.4, 0.5) is 10.3 Å². The SMILES string of the molecule is C/N=N\C=C(/C)c1cnn2c(N)nc(-c3cncc(F)c3)nc12. The Morgan fingerprint density at radius 2 is 2.13 bits per heavy atom. The van der Waals surface area contributed by atoms with E-state index in [0.29, 0.717) is 11.2 Å². The minimum absolute atomic E-state index is 0.144. The van der Waals surface area contributed by atoms with E-state index in [1.807, 2.05) is 6.92 Å². The maximum atomic E-state index is 13.4. The molecule has 9 heteroatoms. The summed E-state index contributed by atoms with van der Waals surface area (Å²) in [5.41, 5.74) is 8.39. The minimum Gasteiger partial charge on any atom is -0.368 e. The van der Waals surface area contributed by atoms with Crippen LogP contribution in [0.3, 0.4) is 0 Å². The quantitative estimate of drug-likeness (QED) is 0.747. The molecule has 0 fully saturated rings. The number of fused-ring (bicyclic) bond motifs is 1. The molecule has 0 aliphatic heterocycles. The van der Waals surface area contributed by atoms with Gasteiger partial charge in [0.15, 0.2) is 11.5 Å². The predicted octanol–water partition coefficient (Wildman–Crippen LogP) is 2.35. The fourth-order valence-corrected chi connectivity index (χ4v) is 2.05. The van der Waals surface area contributed by atoms with Crippen molar-refractivity contribution in [3.63, 3.8) is 0 Å². The second kappa shape index (κ2) is 5.87. The zero-order chi connectivity index (χ0) is 16.4. The van der Waals surface area contributed by atoms with Crippen molar-refractivity contribution in [1.29, 1.82) is 0 Å². The van der Waals surface area contributed by atoms with Crippen LogP contribution >= 0.6 is 0 Å². The average Bonchev–Trinajstić information content (AvgIpc) is 2.97. The number of nitrogen functional groups attached to an aromatic ring is 1. The summed E-state index contributed by atoms with van der Waals surface area (Å²) in [4.78, 5) is 12.4. The summed E-state index contributed by atoms with van der Waals surface area (Å²) in [7, 11) is 1.58. The molecule has 3 aromatic heterocycles. The number of rotatable bonds is 3. The van der Waals surface area contributed by atoms with E-state index in [9.17, 15) is 4.39 Å². The maximum absolute atomic E-state index is 13.4. The van der Waals surface area contributed by atoms with Crippen molar-refractivity contribution in [2.45, 2.75) is 6.92 Å². The number of azo groups is 1. The van der Waals surface area contributed by atoms with Crippen LogP contribution in [0.1, 0.15) is 12.5 Å². The molecule has 0 spiro atoms. The molecular weight excluding hydrogens is 299 g/mol. The lowest BCUT2D eigenvalue weighted by molar-refractivity contribution is 0.622. The molecular formula is C14H13FN8. The summed E-state index contributed by atoms with van der Waals surface area (Å²) in [6.45, 7) is 1.85. The molecule has 0 radical (unpaired) electrons. The van der Waals surface area contributed by atoms with Crippen LogP contribution in [-0.2, 0) is 0 Å². The van der Waals surface area contributed by atoms with Crippen molar-refractivity contribution < 1.29 is 4.39 Å². The molecule has 0 aliphatic carbocycles. The first kappa shape index (κ1) is 14.7. The Labute approximate surface area is 130 Å². The number of halogens is 1. The minimum atomic E-state index is -0.474. The van der Waals surface area contributed by atoms with E-state index in [-0.39, 0.29) is 11.8 Å². The van der Waals surface area contributed by atoms with Gasteiger partial charge in [0.2, 0.25) is 5.95 Å². The molecule has 0 aliphatic rings. The van der Waals surface area contributed by atoms with Gasteiger partial charge >= 0.3 is 0 Å². The van der Waals surface area contributed by atoms with E-state index < -0.39 is 5.82 Å². The first-order valence-electron chi connectivity index (χ1n) is 6.68. The molecule has 3 rings (SSSR count). The van der Waals surface area contributed by atoms with Crippen LogP contribution < -0.4 is 5.73 Å². The first-order chi connectivity index (χ1) is 11.1. The molecule has 0 saturated carbocycles. The molecule has 0 aromatic carbocycles. The van der Waals surface area contributed by atoms with Crippen molar-refractivity contribution in [1.82, 2.24) is 24.6 Å². The first-order valence-corrected chi connectivity index (χ1v) is 6.68. The van der Waals surface area contributed by atoms with E-state index in [2.05, 4.69) is 30.3 Å². The Kier molecular flexibility index (Phi) is 3.75. The van der Waals surface area contributed by atoms with Gasteiger partial charge in [0.1, 0.15) is 5.82 Å². The average molecular weight is 312 g/mol. The van der Waals surface area contributed by atoms with Crippen LogP contribution in [0, 0.1) is 5.82 Å². The Balaban J connectivity index is 2.20. The third-order valence-electron chi connectivity index (χ3n) is 3.15. The van der Waals surface area contributed by atoms with E-state index in [1.165, 1.54) is 16.8 Å². The third kappa shape index (κ3) is 2.76. The van der Waals surface area contributed by atoms with E-state index >= 15 is 0 Å². The molecule has 23 heavy (non-hydrogen) atoms. The normalized spacial score (nSPS) is 12.4. The van der Waals surface area contributed by atoms with Crippen molar-refractivity contribution in [2.75, 3.05) is 12.8 Å². The topological polar surface area (TPSA) is 107 Å². The zero-order valence-corrected chi connectivity index (χ0v) is 12.5. The van der Waals surface area contributed by atoms with Crippen molar-refractivity contribution in [3.05, 3.63) is 42.2 Å². The fraction of sp³-hybridized carbons (Fsp3) is 0.143. The highest BCUT2D eigenvalue weighted by atomic mass is 19.1. The molecule has 2 N–H and O–H groups in total. The summed E-state index contributed by atoms with van der Waals surface area (Å²) in [5, 5.41) is 11.7. The summed E-state index contributed by atoms with van der Waals surface area (Å²) in [6, 6.07) is 1.29. The van der Waals surface area contributed by atoms with Gasteiger partial charge < -0.3 is 5.73 Å². The van der Waals surface area contributed by atoms with Gasteiger partial charge in [-0.25, -0.2) is 9.37 Å². The van der Waals surface area contributed by atoms with E-state index in [4.69, 9.17) is 5.73 Å². The van der Waals surface area contributed by atoms with Crippen LogP contribution in [0.5, 0.6) is 0 Å². The molecule has 3 aromatic rings.